The van der Waals surface area contributed by atoms with E-state index < -0.39 is 0 Å². The van der Waals surface area contributed by atoms with Gasteiger partial charge in [-0.25, -0.2) is 0 Å². The molecule has 2 rings (SSSR count). The van der Waals surface area contributed by atoms with Crippen LogP contribution in [0.4, 0.5) is 0 Å². The molecule has 1 nitrogen and oxygen atoms in total. The van der Waals surface area contributed by atoms with Crippen LogP contribution in [0.1, 0.15) is 18.1 Å². The molecular weight excluding hydrogens is 242 g/mol. The molecule has 0 heterocycles. The van der Waals surface area contributed by atoms with Crippen molar-refractivity contribution in [2.75, 3.05) is 6.54 Å². The first-order valence-electron chi connectivity index (χ1n) is 6.27. The lowest BCUT2D eigenvalue weighted by atomic mass is 9.99. The maximum atomic E-state index is 6.22. The van der Waals surface area contributed by atoms with Gasteiger partial charge in [0.2, 0.25) is 0 Å². The highest BCUT2D eigenvalue weighted by molar-refractivity contribution is 6.31. The Bertz CT molecular complexity index is 534. The maximum Gasteiger partial charge on any atom is 0.0451 e. The normalized spacial score (nSPS) is 10.6. The zero-order chi connectivity index (χ0) is 13.0. The number of nitrogens with one attached hydrogen (secondary N) is 1. The van der Waals surface area contributed by atoms with Crippen LogP contribution in [-0.2, 0) is 6.54 Å². The first-order chi connectivity index (χ1) is 8.72. The standard InChI is InChI=1S/C16H18ClN/c1-3-18-11-14-10-13(8-9-16(14)17)15-7-5-4-6-12(15)2/h4-10,18H,3,11H2,1-2H3. The molecule has 0 amide bonds. The monoisotopic (exact) mass is 259 g/mol. The van der Waals surface area contributed by atoms with Crippen LogP contribution in [0.25, 0.3) is 11.1 Å². The second-order valence-corrected chi connectivity index (χ2v) is 4.81. The summed E-state index contributed by atoms with van der Waals surface area (Å²) in [6, 6.07) is 14.7. The summed E-state index contributed by atoms with van der Waals surface area (Å²) in [5.74, 6) is 0. The third kappa shape index (κ3) is 2.92. The van der Waals surface area contributed by atoms with Crippen molar-refractivity contribution >= 4 is 11.6 Å². The molecular formula is C16H18ClN. The maximum absolute atomic E-state index is 6.22. The summed E-state index contributed by atoms with van der Waals surface area (Å²) in [5.41, 5.74) is 4.94. The molecule has 0 saturated heterocycles. The van der Waals surface area contributed by atoms with Gasteiger partial charge in [0.25, 0.3) is 0 Å². The summed E-state index contributed by atoms with van der Waals surface area (Å²) < 4.78 is 0. The zero-order valence-electron chi connectivity index (χ0n) is 10.8. The lowest BCUT2D eigenvalue weighted by Gasteiger charge is -2.10. The molecule has 2 heteroatoms. The fraction of sp³-hybridized carbons (Fsp3) is 0.250. The van der Waals surface area contributed by atoms with E-state index in [1.165, 1.54) is 16.7 Å². The van der Waals surface area contributed by atoms with Crippen molar-refractivity contribution < 1.29 is 0 Å². The van der Waals surface area contributed by atoms with Gasteiger partial charge in [0.15, 0.2) is 0 Å². The molecule has 0 spiro atoms. The molecule has 0 fully saturated rings. The third-order valence-corrected chi connectivity index (χ3v) is 3.44. The molecule has 18 heavy (non-hydrogen) atoms. The van der Waals surface area contributed by atoms with Crippen molar-refractivity contribution in [2.24, 2.45) is 0 Å². The lowest BCUT2D eigenvalue weighted by molar-refractivity contribution is 0.727. The van der Waals surface area contributed by atoms with Crippen molar-refractivity contribution in [2.45, 2.75) is 20.4 Å². The van der Waals surface area contributed by atoms with Gasteiger partial charge in [-0.05, 0) is 47.9 Å². The van der Waals surface area contributed by atoms with Gasteiger partial charge in [0.1, 0.15) is 0 Å². The fourth-order valence-electron chi connectivity index (χ4n) is 2.03. The average molecular weight is 260 g/mol. The Labute approximate surface area is 114 Å². The Morgan fingerprint density at radius 1 is 1.11 bits per heavy atom. The Morgan fingerprint density at radius 2 is 1.89 bits per heavy atom. The minimum Gasteiger partial charge on any atom is -0.313 e. The van der Waals surface area contributed by atoms with Crippen LogP contribution < -0.4 is 5.32 Å². The summed E-state index contributed by atoms with van der Waals surface area (Å²) in [5, 5.41) is 4.14. The smallest absolute Gasteiger partial charge is 0.0451 e. The Balaban J connectivity index is 2.38. The lowest BCUT2D eigenvalue weighted by Crippen LogP contribution is -2.12. The molecule has 2 aromatic carbocycles. The van der Waals surface area contributed by atoms with Crippen LogP contribution >= 0.6 is 11.6 Å². The number of aryl methyl sites for hydroxylation is 1. The van der Waals surface area contributed by atoms with Crippen LogP contribution in [0, 0.1) is 6.92 Å². The third-order valence-electron chi connectivity index (χ3n) is 3.07. The van der Waals surface area contributed by atoms with E-state index in [0.717, 1.165) is 23.7 Å². The number of rotatable bonds is 4. The highest BCUT2D eigenvalue weighted by Crippen LogP contribution is 2.27. The first kappa shape index (κ1) is 13.1. The molecule has 1 N–H and O–H groups in total. The quantitative estimate of drug-likeness (QED) is 0.857. The van der Waals surface area contributed by atoms with Crippen molar-refractivity contribution in [3.63, 3.8) is 0 Å². The van der Waals surface area contributed by atoms with Gasteiger partial charge in [-0.1, -0.05) is 48.9 Å². The van der Waals surface area contributed by atoms with Gasteiger partial charge in [0.05, 0.1) is 0 Å². The minimum atomic E-state index is 0.815. The zero-order valence-corrected chi connectivity index (χ0v) is 11.6. The van der Waals surface area contributed by atoms with E-state index in [0.29, 0.717) is 0 Å². The number of hydrogen-bond donors (Lipinski definition) is 1. The summed E-state index contributed by atoms with van der Waals surface area (Å²) >= 11 is 6.22. The number of benzene rings is 2. The molecule has 0 saturated carbocycles. The Kier molecular flexibility index (Phi) is 4.40. The summed E-state index contributed by atoms with van der Waals surface area (Å²) in [6.07, 6.45) is 0. The van der Waals surface area contributed by atoms with Gasteiger partial charge >= 0.3 is 0 Å². The SMILES string of the molecule is CCNCc1cc(-c2ccccc2C)ccc1Cl. The van der Waals surface area contributed by atoms with Gasteiger partial charge in [-0.2, -0.15) is 0 Å². The molecule has 0 aliphatic rings. The molecule has 94 valence electrons. The number of hydrogen-bond acceptors (Lipinski definition) is 1. The molecule has 0 radical (unpaired) electrons. The van der Waals surface area contributed by atoms with E-state index in [1.807, 2.05) is 6.07 Å². The van der Waals surface area contributed by atoms with Crippen molar-refractivity contribution in [1.29, 1.82) is 0 Å². The van der Waals surface area contributed by atoms with Crippen molar-refractivity contribution in [3.05, 3.63) is 58.6 Å². The Morgan fingerprint density at radius 3 is 2.61 bits per heavy atom. The summed E-state index contributed by atoms with van der Waals surface area (Å²) in [6.45, 7) is 5.99. The van der Waals surface area contributed by atoms with Gasteiger partial charge < -0.3 is 5.32 Å². The van der Waals surface area contributed by atoms with Crippen LogP contribution in [0.5, 0.6) is 0 Å². The summed E-state index contributed by atoms with van der Waals surface area (Å²) in [4.78, 5) is 0. The molecule has 2 aromatic rings. The first-order valence-corrected chi connectivity index (χ1v) is 6.65. The summed E-state index contributed by atoms with van der Waals surface area (Å²) in [7, 11) is 0. The molecule has 0 aromatic heterocycles. The molecule has 0 aliphatic carbocycles. The highest BCUT2D eigenvalue weighted by atomic mass is 35.5. The van der Waals surface area contributed by atoms with Gasteiger partial charge in [-0.3, -0.25) is 0 Å². The highest BCUT2D eigenvalue weighted by Gasteiger charge is 2.05. The van der Waals surface area contributed by atoms with E-state index in [9.17, 15) is 0 Å². The van der Waals surface area contributed by atoms with E-state index >= 15 is 0 Å². The van der Waals surface area contributed by atoms with Gasteiger partial charge in [0, 0.05) is 11.6 Å². The predicted molar refractivity (Wildman–Crippen MR) is 79.0 cm³/mol. The van der Waals surface area contributed by atoms with Gasteiger partial charge in [-0.15, -0.1) is 0 Å². The second-order valence-electron chi connectivity index (χ2n) is 4.40. The number of halogens is 1. The van der Waals surface area contributed by atoms with E-state index in [4.69, 9.17) is 11.6 Å². The van der Waals surface area contributed by atoms with Crippen LogP contribution in [0.15, 0.2) is 42.5 Å². The second kappa shape index (κ2) is 6.03. The molecule has 0 atom stereocenters. The fourth-order valence-corrected chi connectivity index (χ4v) is 2.22. The van der Waals surface area contributed by atoms with Crippen LogP contribution in [0.3, 0.4) is 0 Å². The average Bonchev–Trinajstić information content (AvgIpc) is 2.39. The molecule has 0 unspecified atom stereocenters. The minimum absolute atomic E-state index is 0.815. The van der Waals surface area contributed by atoms with Crippen LogP contribution in [0.2, 0.25) is 5.02 Å². The molecule has 0 aliphatic heterocycles. The van der Waals surface area contributed by atoms with E-state index in [1.54, 1.807) is 0 Å². The molecule has 0 bridgehead atoms. The van der Waals surface area contributed by atoms with E-state index in [-0.39, 0.29) is 0 Å². The van der Waals surface area contributed by atoms with Crippen molar-refractivity contribution in [1.82, 2.24) is 5.32 Å². The Hall–Kier alpha value is -1.31. The van der Waals surface area contributed by atoms with Crippen molar-refractivity contribution in [3.8, 4) is 11.1 Å². The topological polar surface area (TPSA) is 12.0 Å². The van der Waals surface area contributed by atoms with Crippen LogP contribution in [-0.4, -0.2) is 6.54 Å². The predicted octanol–water partition coefficient (Wildman–Crippen LogP) is 4.42. The largest absolute Gasteiger partial charge is 0.313 e. The van der Waals surface area contributed by atoms with E-state index in [2.05, 4.69) is 55.6 Å².